The first-order valence-electron chi connectivity index (χ1n) is 6.20. The highest BCUT2D eigenvalue weighted by atomic mass is 16.5. The molecule has 0 unspecified atom stereocenters. The molecule has 4 heteroatoms. The molecule has 0 saturated carbocycles. The van der Waals surface area contributed by atoms with Crippen molar-refractivity contribution in [1.82, 2.24) is 4.98 Å². The molecule has 1 aromatic heterocycles. The summed E-state index contributed by atoms with van der Waals surface area (Å²) in [5.41, 5.74) is 7.03. The molecule has 2 N–H and O–H groups in total. The van der Waals surface area contributed by atoms with Crippen LogP contribution in [-0.4, -0.2) is 31.3 Å². The summed E-state index contributed by atoms with van der Waals surface area (Å²) in [6.07, 6.45) is 3.98. The predicted molar refractivity (Wildman–Crippen MR) is 69.1 cm³/mol. The fourth-order valence-corrected chi connectivity index (χ4v) is 2.17. The first-order chi connectivity index (χ1) is 8.18. The van der Waals surface area contributed by atoms with Crippen molar-refractivity contribution in [3.63, 3.8) is 0 Å². The topological polar surface area (TPSA) is 51.4 Å². The van der Waals surface area contributed by atoms with Gasteiger partial charge in [-0.2, -0.15) is 0 Å². The third kappa shape index (κ3) is 2.96. The number of rotatable bonds is 3. The van der Waals surface area contributed by atoms with Crippen LogP contribution in [0.5, 0.6) is 0 Å². The third-order valence-electron chi connectivity index (χ3n) is 3.40. The van der Waals surface area contributed by atoms with E-state index in [4.69, 9.17) is 10.5 Å². The maximum Gasteiger partial charge on any atom is 0.128 e. The molecule has 2 rings (SSSR count). The van der Waals surface area contributed by atoms with E-state index in [1.807, 2.05) is 19.2 Å². The number of ether oxygens (including phenoxy) is 1. The minimum atomic E-state index is 0.0554. The molecular weight excluding hydrogens is 214 g/mol. The average Bonchev–Trinajstić information content (AvgIpc) is 2.39. The van der Waals surface area contributed by atoms with Crippen molar-refractivity contribution in [2.24, 2.45) is 5.73 Å². The molecule has 94 valence electrons. The number of nitrogens with zero attached hydrogens (tertiary/aromatic N) is 2. The first-order valence-corrected chi connectivity index (χ1v) is 6.20. The maximum absolute atomic E-state index is 5.89. The van der Waals surface area contributed by atoms with Crippen LogP contribution < -0.4 is 10.6 Å². The van der Waals surface area contributed by atoms with Crippen LogP contribution in [0, 0.1) is 0 Å². The number of anilines is 1. The molecule has 1 fully saturated rings. The Hall–Kier alpha value is -1.13. The number of aromatic nitrogens is 1. The van der Waals surface area contributed by atoms with E-state index in [2.05, 4.69) is 23.0 Å². The number of pyridine rings is 1. The molecule has 0 aromatic carbocycles. The lowest BCUT2D eigenvalue weighted by Gasteiger charge is -2.32. The van der Waals surface area contributed by atoms with Gasteiger partial charge in [0.05, 0.1) is 0 Å². The number of hydrogen-bond donors (Lipinski definition) is 1. The molecule has 4 nitrogen and oxygen atoms in total. The van der Waals surface area contributed by atoms with E-state index < -0.39 is 0 Å². The minimum absolute atomic E-state index is 0.0554. The van der Waals surface area contributed by atoms with Crippen molar-refractivity contribution < 1.29 is 4.74 Å². The zero-order valence-electron chi connectivity index (χ0n) is 10.6. The summed E-state index contributed by atoms with van der Waals surface area (Å²) in [6.45, 7) is 3.69. The van der Waals surface area contributed by atoms with Crippen molar-refractivity contribution in [3.8, 4) is 0 Å². The van der Waals surface area contributed by atoms with Crippen LogP contribution in [0.25, 0.3) is 0 Å². The van der Waals surface area contributed by atoms with Gasteiger partial charge in [0.25, 0.3) is 0 Å². The van der Waals surface area contributed by atoms with Gasteiger partial charge in [-0.3, -0.25) is 0 Å². The molecule has 0 amide bonds. The van der Waals surface area contributed by atoms with Gasteiger partial charge in [-0.15, -0.1) is 0 Å². The lowest BCUT2D eigenvalue weighted by atomic mass is 10.1. The molecule has 1 aromatic rings. The van der Waals surface area contributed by atoms with Crippen LogP contribution in [0.2, 0.25) is 0 Å². The number of nitrogens with two attached hydrogens (primary N) is 1. The average molecular weight is 235 g/mol. The van der Waals surface area contributed by atoms with E-state index >= 15 is 0 Å². The molecule has 2 heterocycles. The van der Waals surface area contributed by atoms with Gasteiger partial charge in [-0.05, 0) is 37.5 Å². The summed E-state index contributed by atoms with van der Waals surface area (Å²) in [5, 5.41) is 0. The van der Waals surface area contributed by atoms with Crippen LogP contribution in [0.4, 0.5) is 5.82 Å². The van der Waals surface area contributed by atoms with Gasteiger partial charge in [0.15, 0.2) is 0 Å². The second-order valence-corrected chi connectivity index (χ2v) is 4.69. The Kier molecular flexibility index (Phi) is 3.97. The first kappa shape index (κ1) is 12.3. The lowest BCUT2D eigenvalue weighted by Crippen LogP contribution is -2.37. The third-order valence-corrected chi connectivity index (χ3v) is 3.40. The minimum Gasteiger partial charge on any atom is -0.381 e. The smallest absolute Gasteiger partial charge is 0.128 e. The van der Waals surface area contributed by atoms with Crippen LogP contribution in [0.3, 0.4) is 0 Å². The summed E-state index contributed by atoms with van der Waals surface area (Å²) < 4.78 is 5.38. The quantitative estimate of drug-likeness (QED) is 0.866. The Morgan fingerprint density at radius 3 is 2.82 bits per heavy atom. The molecule has 1 aliphatic rings. The van der Waals surface area contributed by atoms with E-state index in [0.717, 1.165) is 37.4 Å². The molecule has 0 radical (unpaired) electrons. The van der Waals surface area contributed by atoms with Gasteiger partial charge < -0.3 is 15.4 Å². The lowest BCUT2D eigenvalue weighted by molar-refractivity contribution is 0.0853. The van der Waals surface area contributed by atoms with Crippen LogP contribution in [-0.2, 0) is 4.74 Å². The Bertz CT molecular complexity index is 361. The Morgan fingerprint density at radius 2 is 2.18 bits per heavy atom. The standard InChI is InChI=1S/C13H21N3O/c1-10(14)11-3-6-15-13(9-11)16(2)12-4-7-17-8-5-12/h3,6,9-10,12H,4-5,7-8,14H2,1-2H3/t10-/m1/s1. The SMILES string of the molecule is C[C@@H](N)c1ccnc(N(C)C2CCOCC2)c1. The number of hydrogen-bond acceptors (Lipinski definition) is 4. The highest BCUT2D eigenvalue weighted by Gasteiger charge is 2.19. The largest absolute Gasteiger partial charge is 0.381 e. The van der Waals surface area contributed by atoms with Gasteiger partial charge in [-0.25, -0.2) is 4.98 Å². The summed E-state index contributed by atoms with van der Waals surface area (Å²) in [6, 6.07) is 4.64. The molecule has 1 aliphatic heterocycles. The Labute approximate surface area is 103 Å². The Morgan fingerprint density at radius 1 is 1.47 bits per heavy atom. The highest BCUT2D eigenvalue weighted by Crippen LogP contribution is 2.21. The van der Waals surface area contributed by atoms with Crippen molar-refractivity contribution >= 4 is 5.82 Å². The molecule has 0 spiro atoms. The van der Waals surface area contributed by atoms with Crippen molar-refractivity contribution in [1.29, 1.82) is 0 Å². The van der Waals surface area contributed by atoms with Crippen LogP contribution in [0.1, 0.15) is 31.4 Å². The monoisotopic (exact) mass is 235 g/mol. The second-order valence-electron chi connectivity index (χ2n) is 4.69. The molecule has 1 saturated heterocycles. The molecule has 17 heavy (non-hydrogen) atoms. The summed E-state index contributed by atoms with van der Waals surface area (Å²) >= 11 is 0. The van der Waals surface area contributed by atoms with Crippen molar-refractivity contribution in [3.05, 3.63) is 23.9 Å². The fraction of sp³-hybridized carbons (Fsp3) is 0.615. The molecule has 0 bridgehead atoms. The zero-order chi connectivity index (χ0) is 12.3. The van der Waals surface area contributed by atoms with E-state index in [9.17, 15) is 0 Å². The van der Waals surface area contributed by atoms with Crippen molar-refractivity contribution in [2.75, 3.05) is 25.2 Å². The van der Waals surface area contributed by atoms with Gasteiger partial charge in [0.2, 0.25) is 0 Å². The van der Waals surface area contributed by atoms with Gasteiger partial charge >= 0.3 is 0 Å². The highest BCUT2D eigenvalue weighted by molar-refractivity contribution is 5.42. The van der Waals surface area contributed by atoms with Crippen LogP contribution in [0.15, 0.2) is 18.3 Å². The summed E-state index contributed by atoms with van der Waals surface area (Å²) in [7, 11) is 2.10. The fourth-order valence-electron chi connectivity index (χ4n) is 2.17. The second kappa shape index (κ2) is 5.47. The molecular formula is C13H21N3O. The predicted octanol–water partition coefficient (Wildman–Crippen LogP) is 1.72. The molecule has 0 aliphatic carbocycles. The zero-order valence-corrected chi connectivity index (χ0v) is 10.6. The van der Waals surface area contributed by atoms with E-state index in [1.54, 1.807) is 0 Å². The van der Waals surface area contributed by atoms with Crippen molar-refractivity contribution in [2.45, 2.75) is 31.8 Å². The maximum atomic E-state index is 5.89. The summed E-state index contributed by atoms with van der Waals surface area (Å²) in [4.78, 5) is 6.67. The van der Waals surface area contributed by atoms with E-state index in [1.165, 1.54) is 0 Å². The summed E-state index contributed by atoms with van der Waals surface area (Å²) in [5.74, 6) is 1.01. The van der Waals surface area contributed by atoms with Gasteiger partial charge in [-0.1, -0.05) is 0 Å². The van der Waals surface area contributed by atoms with Gasteiger partial charge in [0.1, 0.15) is 5.82 Å². The molecule has 1 atom stereocenters. The van der Waals surface area contributed by atoms with Crippen LogP contribution >= 0.6 is 0 Å². The van der Waals surface area contributed by atoms with E-state index in [-0.39, 0.29) is 6.04 Å². The normalized spacial score (nSPS) is 19.0. The Balaban J connectivity index is 2.12. The van der Waals surface area contributed by atoms with Gasteiger partial charge in [0, 0.05) is 38.5 Å². The van der Waals surface area contributed by atoms with E-state index in [0.29, 0.717) is 6.04 Å².